The van der Waals surface area contributed by atoms with Crippen molar-refractivity contribution >= 4 is 11.9 Å². The molecule has 116 valence electrons. The highest BCUT2D eigenvalue weighted by Gasteiger charge is 2.18. The smallest absolute Gasteiger partial charge is 0.305 e. The molecule has 0 aromatic heterocycles. The topological polar surface area (TPSA) is 84.9 Å². The Morgan fingerprint density at radius 1 is 1.29 bits per heavy atom. The maximum absolute atomic E-state index is 12.9. The fourth-order valence-corrected chi connectivity index (χ4v) is 1.67. The third-order valence-electron chi connectivity index (χ3n) is 2.65. The average molecular weight is 299 g/mol. The maximum Gasteiger partial charge on any atom is 0.305 e. The van der Waals surface area contributed by atoms with Crippen LogP contribution < -0.4 is 5.32 Å². The summed E-state index contributed by atoms with van der Waals surface area (Å²) < 4.78 is 22.7. The number of carboxylic acid groups (broad SMARTS) is 1. The molecule has 0 saturated heterocycles. The van der Waals surface area contributed by atoms with E-state index in [2.05, 4.69) is 5.32 Å². The van der Waals surface area contributed by atoms with Crippen LogP contribution in [0.15, 0.2) is 24.3 Å². The Morgan fingerprint density at radius 2 is 1.95 bits per heavy atom. The standard InChI is InChI=1S/C14H18FNO5/c1-20-6-7-21-9-13(17)16-12(8-14(18)19)10-2-4-11(15)5-3-10/h2-5,12H,6-9H2,1H3,(H,16,17)(H,18,19). The fraction of sp³-hybridized carbons (Fsp3) is 0.429. The van der Waals surface area contributed by atoms with Crippen molar-refractivity contribution < 1.29 is 28.6 Å². The third kappa shape index (κ3) is 6.82. The molecule has 0 aliphatic rings. The van der Waals surface area contributed by atoms with Crippen LogP contribution in [0.25, 0.3) is 0 Å². The predicted molar refractivity (Wildman–Crippen MR) is 72.2 cm³/mol. The van der Waals surface area contributed by atoms with Gasteiger partial charge in [0.2, 0.25) is 5.91 Å². The first-order valence-corrected chi connectivity index (χ1v) is 6.36. The van der Waals surface area contributed by atoms with Gasteiger partial charge in [0.1, 0.15) is 12.4 Å². The van der Waals surface area contributed by atoms with Gasteiger partial charge in [0.05, 0.1) is 25.7 Å². The van der Waals surface area contributed by atoms with Crippen LogP contribution in [-0.2, 0) is 19.1 Å². The Morgan fingerprint density at radius 3 is 2.52 bits per heavy atom. The number of ether oxygens (including phenoxy) is 2. The van der Waals surface area contributed by atoms with Gasteiger partial charge in [-0.15, -0.1) is 0 Å². The minimum absolute atomic E-state index is 0.194. The van der Waals surface area contributed by atoms with Gasteiger partial charge in [-0.1, -0.05) is 12.1 Å². The lowest BCUT2D eigenvalue weighted by molar-refractivity contribution is -0.138. The van der Waals surface area contributed by atoms with E-state index in [1.807, 2.05) is 0 Å². The van der Waals surface area contributed by atoms with Crippen molar-refractivity contribution in [2.75, 3.05) is 26.9 Å². The van der Waals surface area contributed by atoms with Crippen LogP contribution in [0.4, 0.5) is 4.39 Å². The van der Waals surface area contributed by atoms with Crippen molar-refractivity contribution in [1.82, 2.24) is 5.32 Å². The zero-order chi connectivity index (χ0) is 15.7. The maximum atomic E-state index is 12.9. The zero-order valence-electron chi connectivity index (χ0n) is 11.7. The summed E-state index contributed by atoms with van der Waals surface area (Å²) >= 11 is 0. The van der Waals surface area contributed by atoms with Crippen molar-refractivity contribution in [2.45, 2.75) is 12.5 Å². The molecule has 1 amide bonds. The van der Waals surface area contributed by atoms with E-state index in [-0.39, 0.29) is 19.6 Å². The number of hydrogen-bond acceptors (Lipinski definition) is 4. The second-order valence-electron chi connectivity index (χ2n) is 4.31. The van der Waals surface area contributed by atoms with E-state index in [9.17, 15) is 14.0 Å². The second kappa shape index (κ2) is 9.04. The zero-order valence-corrected chi connectivity index (χ0v) is 11.7. The molecule has 0 aliphatic heterocycles. The van der Waals surface area contributed by atoms with Crippen LogP contribution in [0.3, 0.4) is 0 Å². The first-order chi connectivity index (χ1) is 10.0. The monoisotopic (exact) mass is 299 g/mol. The Bertz CT molecular complexity index is 463. The quantitative estimate of drug-likeness (QED) is 0.668. The van der Waals surface area contributed by atoms with E-state index < -0.39 is 23.7 Å². The van der Waals surface area contributed by atoms with Gasteiger partial charge in [0, 0.05) is 7.11 Å². The van der Waals surface area contributed by atoms with Crippen LogP contribution in [0, 0.1) is 5.82 Å². The number of carboxylic acids is 1. The van der Waals surface area contributed by atoms with E-state index in [1.54, 1.807) is 0 Å². The molecule has 1 unspecified atom stereocenters. The van der Waals surface area contributed by atoms with Gasteiger partial charge in [0.25, 0.3) is 0 Å². The number of carbonyl (C=O) groups is 2. The molecule has 6 nitrogen and oxygen atoms in total. The number of halogens is 1. The van der Waals surface area contributed by atoms with E-state index >= 15 is 0 Å². The van der Waals surface area contributed by atoms with Crippen LogP contribution >= 0.6 is 0 Å². The Hall–Kier alpha value is -1.99. The summed E-state index contributed by atoms with van der Waals surface area (Å²) in [6, 6.07) is 4.57. The van der Waals surface area contributed by atoms with Crippen LogP contribution in [0.5, 0.6) is 0 Å². The predicted octanol–water partition coefficient (Wildman–Crippen LogP) is 1.12. The largest absolute Gasteiger partial charge is 0.481 e. The SMILES string of the molecule is COCCOCC(=O)NC(CC(=O)O)c1ccc(F)cc1. The van der Waals surface area contributed by atoms with Crippen molar-refractivity contribution in [3.63, 3.8) is 0 Å². The minimum atomic E-state index is -1.06. The molecule has 1 aromatic carbocycles. The molecule has 0 radical (unpaired) electrons. The highest BCUT2D eigenvalue weighted by atomic mass is 19.1. The van der Waals surface area contributed by atoms with Gasteiger partial charge in [-0.3, -0.25) is 9.59 Å². The van der Waals surface area contributed by atoms with Crippen molar-refractivity contribution in [2.24, 2.45) is 0 Å². The second-order valence-corrected chi connectivity index (χ2v) is 4.31. The summed E-state index contributed by atoms with van der Waals surface area (Å²) in [5, 5.41) is 11.4. The number of benzene rings is 1. The van der Waals surface area contributed by atoms with Gasteiger partial charge in [-0.25, -0.2) is 4.39 Å². The van der Waals surface area contributed by atoms with E-state index in [0.717, 1.165) is 0 Å². The Labute approximate surface area is 121 Å². The summed E-state index contributed by atoms with van der Waals surface area (Å²) in [6.45, 7) is 0.439. The van der Waals surface area contributed by atoms with Crippen LogP contribution in [0.2, 0.25) is 0 Å². The highest BCUT2D eigenvalue weighted by molar-refractivity contribution is 5.78. The van der Waals surface area contributed by atoms with Crippen LogP contribution in [0.1, 0.15) is 18.0 Å². The summed E-state index contributed by atoms with van der Waals surface area (Å²) in [7, 11) is 1.51. The summed E-state index contributed by atoms with van der Waals surface area (Å²) in [5.74, 6) is -1.94. The average Bonchev–Trinajstić information content (AvgIpc) is 2.43. The first kappa shape index (κ1) is 17.1. The molecule has 21 heavy (non-hydrogen) atoms. The molecule has 0 spiro atoms. The number of aliphatic carboxylic acids is 1. The van der Waals surface area contributed by atoms with Crippen molar-refractivity contribution in [3.05, 3.63) is 35.6 Å². The van der Waals surface area contributed by atoms with Gasteiger partial charge >= 0.3 is 5.97 Å². The Balaban J connectivity index is 2.59. The lowest BCUT2D eigenvalue weighted by Gasteiger charge is -2.17. The number of nitrogens with one attached hydrogen (secondary N) is 1. The molecule has 7 heteroatoms. The highest BCUT2D eigenvalue weighted by Crippen LogP contribution is 2.17. The van der Waals surface area contributed by atoms with Crippen LogP contribution in [-0.4, -0.2) is 43.9 Å². The first-order valence-electron chi connectivity index (χ1n) is 6.36. The van der Waals surface area contributed by atoms with Crippen molar-refractivity contribution in [3.8, 4) is 0 Å². The fourth-order valence-electron chi connectivity index (χ4n) is 1.67. The summed E-state index contributed by atoms with van der Waals surface area (Å²) in [5.41, 5.74) is 0.518. The molecule has 0 heterocycles. The van der Waals surface area contributed by atoms with E-state index in [1.165, 1.54) is 31.4 Å². The Kier molecular flexibility index (Phi) is 7.34. The lowest BCUT2D eigenvalue weighted by atomic mass is 10.0. The third-order valence-corrected chi connectivity index (χ3v) is 2.65. The lowest BCUT2D eigenvalue weighted by Crippen LogP contribution is -2.33. The molecule has 0 fully saturated rings. The molecule has 1 aromatic rings. The van der Waals surface area contributed by atoms with Gasteiger partial charge < -0.3 is 19.9 Å². The van der Waals surface area contributed by atoms with Crippen molar-refractivity contribution in [1.29, 1.82) is 0 Å². The molecule has 1 rings (SSSR count). The molecule has 0 saturated carbocycles. The normalized spacial score (nSPS) is 11.9. The molecular formula is C14H18FNO5. The van der Waals surface area contributed by atoms with Gasteiger partial charge in [-0.05, 0) is 17.7 Å². The number of carbonyl (C=O) groups excluding carboxylic acids is 1. The van der Waals surface area contributed by atoms with Gasteiger partial charge in [-0.2, -0.15) is 0 Å². The molecular weight excluding hydrogens is 281 g/mol. The molecule has 0 aliphatic carbocycles. The number of rotatable bonds is 9. The number of hydrogen-bond donors (Lipinski definition) is 2. The van der Waals surface area contributed by atoms with E-state index in [4.69, 9.17) is 14.6 Å². The summed E-state index contributed by atoms with van der Waals surface area (Å²) in [4.78, 5) is 22.6. The minimum Gasteiger partial charge on any atom is -0.481 e. The number of methoxy groups -OCH3 is 1. The molecule has 1 atom stereocenters. The molecule has 0 bridgehead atoms. The van der Waals surface area contributed by atoms with Gasteiger partial charge in [0.15, 0.2) is 0 Å². The number of amides is 1. The van der Waals surface area contributed by atoms with E-state index in [0.29, 0.717) is 12.2 Å². The molecule has 2 N–H and O–H groups in total. The summed E-state index contributed by atoms with van der Waals surface area (Å²) in [6.07, 6.45) is -0.296.